The van der Waals surface area contributed by atoms with Crippen LogP contribution in [-0.2, 0) is 11.2 Å². The highest BCUT2D eigenvalue weighted by Gasteiger charge is 2.42. The van der Waals surface area contributed by atoms with Crippen molar-refractivity contribution in [2.45, 2.75) is 82.8 Å². The second kappa shape index (κ2) is 12.6. The van der Waals surface area contributed by atoms with Gasteiger partial charge < -0.3 is 0 Å². The van der Waals surface area contributed by atoms with E-state index in [1.165, 1.54) is 61.6 Å². The van der Waals surface area contributed by atoms with Crippen LogP contribution in [0.15, 0.2) is 60.7 Å². The first kappa shape index (κ1) is 26.4. The molecule has 2 bridgehead atoms. The van der Waals surface area contributed by atoms with Crippen LogP contribution in [-0.4, -0.2) is 65.5 Å². The first-order chi connectivity index (χ1) is 18.2. The Bertz CT molecular complexity index is 992. The zero-order valence-corrected chi connectivity index (χ0v) is 22.8. The van der Waals surface area contributed by atoms with E-state index in [0.29, 0.717) is 12.1 Å². The van der Waals surface area contributed by atoms with Crippen molar-refractivity contribution in [2.75, 3.05) is 32.7 Å². The Labute approximate surface area is 224 Å². The van der Waals surface area contributed by atoms with Gasteiger partial charge in [-0.25, -0.2) is 5.01 Å². The normalized spacial score (nSPS) is 28.2. The molecule has 1 amide bonds. The number of carbonyl (C=O) groups is 1. The highest BCUT2D eigenvalue weighted by Crippen LogP contribution is 2.42. The number of benzene rings is 1. The van der Waals surface area contributed by atoms with Gasteiger partial charge in [0.15, 0.2) is 0 Å². The maximum Gasteiger partial charge on any atom is 0.241 e. The van der Waals surface area contributed by atoms with Crippen LogP contribution < -0.4 is 5.43 Å². The van der Waals surface area contributed by atoms with Crippen molar-refractivity contribution in [1.29, 1.82) is 0 Å². The third-order valence-electron chi connectivity index (χ3n) is 8.94. The minimum Gasteiger partial charge on any atom is -0.298 e. The summed E-state index contributed by atoms with van der Waals surface area (Å²) >= 11 is 0. The molecular formula is C32H46N4O. The number of hydrogen-bond donors (Lipinski definition) is 1. The smallest absolute Gasteiger partial charge is 0.241 e. The molecule has 1 aliphatic carbocycles. The minimum atomic E-state index is -0.0847. The third-order valence-corrected chi connectivity index (χ3v) is 8.94. The van der Waals surface area contributed by atoms with Crippen molar-refractivity contribution in [2.24, 2.45) is 5.92 Å². The summed E-state index contributed by atoms with van der Waals surface area (Å²) in [6.07, 6.45) is 19.3. The second-order valence-electron chi connectivity index (χ2n) is 11.5. The second-order valence-corrected chi connectivity index (χ2v) is 11.5. The highest BCUT2D eigenvalue weighted by atomic mass is 16.2. The fraction of sp³-hybridized carbons (Fsp3) is 0.594. The van der Waals surface area contributed by atoms with E-state index in [9.17, 15) is 4.79 Å². The molecule has 1 aromatic rings. The number of likely N-dealkylation sites (tertiary alicyclic amines) is 1. The molecule has 4 unspecified atom stereocenters. The molecule has 4 aliphatic rings. The van der Waals surface area contributed by atoms with Gasteiger partial charge in [-0.3, -0.25) is 20.0 Å². The predicted molar refractivity (Wildman–Crippen MR) is 152 cm³/mol. The van der Waals surface area contributed by atoms with E-state index < -0.39 is 0 Å². The van der Waals surface area contributed by atoms with E-state index in [1.54, 1.807) is 0 Å². The van der Waals surface area contributed by atoms with Gasteiger partial charge in [0.25, 0.3) is 0 Å². The molecule has 0 radical (unpaired) electrons. The van der Waals surface area contributed by atoms with Gasteiger partial charge in [-0.1, -0.05) is 68.3 Å². The summed E-state index contributed by atoms with van der Waals surface area (Å²) in [6.45, 7) is 11.4. The fourth-order valence-corrected chi connectivity index (χ4v) is 6.93. The molecule has 5 heteroatoms. The van der Waals surface area contributed by atoms with Crippen molar-refractivity contribution in [3.8, 4) is 0 Å². The molecule has 0 spiro atoms. The SMILES string of the molecule is C=CCN1CCC2CCC(C1)N2C(C1=CCC(C(=O)NN2CCCCCC2)C=C1)c1cccc(CC)c1. The number of amides is 1. The number of fused-ring (bicyclic) bond motifs is 2. The van der Waals surface area contributed by atoms with Gasteiger partial charge in [-0.05, 0) is 61.6 Å². The number of hydrogen-bond acceptors (Lipinski definition) is 4. The Hall–Kier alpha value is -2.21. The summed E-state index contributed by atoms with van der Waals surface area (Å²) in [5, 5.41) is 2.14. The van der Waals surface area contributed by atoms with Crippen LogP contribution in [0.1, 0.15) is 75.5 Å². The van der Waals surface area contributed by atoms with Gasteiger partial charge in [-0.15, -0.1) is 6.58 Å². The average Bonchev–Trinajstić information content (AvgIpc) is 3.05. The summed E-state index contributed by atoms with van der Waals surface area (Å²) in [6, 6.07) is 10.6. The van der Waals surface area contributed by atoms with Crippen LogP contribution in [0.3, 0.4) is 0 Å². The maximum atomic E-state index is 13.1. The lowest BCUT2D eigenvalue weighted by Gasteiger charge is -2.38. The zero-order chi connectivity index (χ0) is 25.6. The molecule has 5 rings (SSSR count). The van der Waals surface area contributed by atoms with E-state index in [4.69, 9.17) is 0 Å². The quantitative estimate of drug-likeness (QED) is 0.482. The Morgan fingerprint density at radius 3 is 2.65 bits per heavy atom. The minimum absolute atomic E-state index is 0.0847. The zero-order valence-electron chi connectivity index (χ0n) is 22.8. The summed E-state index contributed by atoms with van der Waals surface area (Å²) in [4.78, 5) is 18.5. The summed E-state index contributed by atoms with van der Waals surface area (Å²) in [7, 11) is 0. The number of rotatable bonds is 8. The van der Waals surface area contributed by atoms with Gasteiger partial charge in [0.1, 0.15) is 0 Å². The third kappa shape index (κ3) is 6.27. The standard InChI is InChI=1S/C32H46N4O/c1-3-19-34-22-18-29-16-17-30(24-34)36(29)31(28-11-9-10-25(4-2)23-28)26-12-14-27(15-13-26)32(37)33-35-20-7-5-6-8-21-35/h3,9-14,23,27,29-31H,1,4-8,15-22,24H2,2H3,(H,33,37). The van der Waals surface area contributed by atoms with Crippen molar-refractivity contribution in [3.05, 3.63) is 71.8 Å². The van der Waals surface area contributed by atoms with Crippen molar-refractivity contribution < 1.29 is 4.79 Å². The average molecular weight is 503 g/mol. The Morgan fingerprint density at radius 2 is 1.92 bits per heavy atom. The molecule has 0 saturated carbocycles. The maximum absolute atomic E-state index is 13.1. The molecule has 3 heterocycles. The fourth-order valence-electron chi connectivity index (χ4n) is 6.93. The van der Waals surface area contributed by atoms with Crippen LogP contribution in [0.25, 0.3) is 0 Å². The number of allylic oxidation sites excluding steroid dienone is 1. The Morgan fingerprint density at radius 1 is 1.11 bits per heavy atom. The molecule has 3 fully saturated rings. The van der Waals surface area contributed by atoms with E-state index in [-0.39, 0.29) is 17.9 Å². The Balaban J connectivity index is 1.36. The van der Waals surface area contributed by atoms with Gasteiger partial charge in [0.05, 0.1) is 12.0 Å². The number of carbonyl (C=O) groups excluding carboxylic acids is 1. The van der Waals surface area contributed by atoms with Crippen molar-refractivity contribution in [1.82, 2.24) is 20.2 Å². The Kier molecular flexibility index (Phi) is 8.96. The lowest BCUT2D eigenvalue weighted by atomic mass is 9.87. The van der Waals surface area contributed by atoms with E-state index in [1.807, 2.05) is 0 Å². The molecule has 4 atom stereocenters. The van der Waals surface area contributed by atoms with Crippen LogP contribution >= 0.6 is 0 Å². The highest BCUT2D eigenvalue weighted by molar-refractivity contribution is 5.80. The summed E-state index contributed by atoms with van der Waals surface area (Å²) < 4.78 is 0. The van der Waals surface area contributed by atoms with E-state index in [0.717, 1.165) is 45.6 Å². The van der Waals surface area contributed by atoms with Crippen LogP contribution in [0.4, 0.5) is 0 Å². The molecule has 1 N–H and O–H groups in total. The van der Waals surface area contributed by atoms with Crippen molar-refractivity contribution in [3.63, 3.8) is 0 Å². The number of hydrazine groups is 1. The first-order valence-corrected chi connectivity index (χ1v) is 14.8. The molecule has 0 aromatic heterocycles. The molecule has 37 heavy (non-hydrogen) atoms. The summed E-state index contributed by atoms with van der Waals surface area (Å²) in [5.41, 5.74) is 7.38. The summed E-state index contributed by atoms with van der Waals surface area (Å²) in [5.74, 6) is 0.0615. The largest absolute Gasteiger partial charge is 0.298 e. The molecule has 200 valence electrons. The molecular weight excluding hydrogens is 456 g/mol. The topological polar surface area (TPSA) is 38.8 Å². The monoisotopic (exact) mass is 502 g/mol. The van der Waals surface area contributed by atoms with Crippen molar-refractivity contribution >= 4 is 5.91 Å². The lowest BCUT2D eigenvalue weighted by molar-refractivity contribution is -0.128. The first-order valence-electron chi connectivity index (χ1n) is 14.8. The van der Waals surface area contributed by atoms with E-state index >= 15 is 0 Å². The van der Waals surface area contributed by atoms with E-state index in [2.05, 4.69) is 82.3 Å². The number of nitrogens with zero attached hydrogens (tertiary/aromatic N) is 3. The number of nitrogens with one attached hydrogen (secondary N) is 1. The molecule has 1 aromatic carbocycles. The molecule has 3 aliphatic heterocycles. The van der Waals surface area contributed by atoms with Crippen LogP contribution in [0.5, 0.6) is 0 Å². The van der Waals surface area contributed by atoms with Gasteiger partial charge in [-0.2, -0.15) is 0 Å². The predicted octanol–water partition coefficient (Wildman–Crippen LogP) is 5.42. The lowest BCUT2D eigenvalue weighted by Crippen LogP contribution is -2.45. The van der Waals surface area contributed by atoms with Crippen LogP contribution in [0, 0.1) is 5.92 Å². The van der Waals surface area contributed by atoms with Crippen LogP contribution in [0.2, 0.25) is 0 Å². The van der Waals surface area contributed by atoms with Gasteiger partial charge in [0, 0.05) is 44.8 Å². The number of aryl methyl sites for hydroxylation is 1. The van der Waals surface area contributed by atoms with Gasteiger partial charge >= 0.3 is 0 Å². The molecule has 3 saturated heterocycles. The van der Waals surface area contributed by atoms with Gasteiger partial charge in [0.2, 0.25) is 5.91 Å². The molecule has 5 nitrogen and oxygen atoms in total.